The van der Waals surface area contributed by atoms with Crippen LogP contribution in [0.15, 0.2) is 59.5 Å². The Morgan fingerprint density at radius 2 is 1.65 bits per heavy atom. The lowest BCUT2D eigenvalue weighted by molar-refractivity contribution is 0.350. The first-order chi connectivity index (χ1) is 8.31. The van der Waals surface area contributed by atoms with Crippen LogP contribution in [0.1, 0.15) is 11.1 Å². The van der Waals surface area contributed by atoms with E-state index in [1.54, 1.807) is 0 Å². The number of aliphatic hydroxyl groups is 1. The Kier molecular flexibility index (Phi) is 4.02. The van der Waals surface area contributed by atoms with Crippen LogP contribution in [0.3, 0.4) is 0 Å². The molecule has 2 rings (SSSR count). The molecule has 0 saturated carbocycles. The fraction of sp³-hybridized carbons (Fsp3) is 0.0667. The van der Waals surface area contributed by atoms with Gasteiger partial charge in [0.25, 0.3) is 0 Å². The molecule has 0 heterocycles. The molecule has 0 radical (unpaired) electrons. The molecule has 1 nitrogen and oxygen atoms in total. The molecule has 17 heavy (non-hydrogen) atoms. The largest absolute Gasteiger partial charge is 0.392 e. The number of thiol groups is 1. The third-order valence-corrected chi connectivity index (χ3v) is 2.95. The molecule has 0 bridgehead atoms. The molecule has 2 heteroatoms. The van der Waals surface area contributed by atoms with E-state index in [2.05, 4.69) is 12.6 Å². The Morgan fingerprint density at radius 1 is 1.00 bits per heavy atom. The van der Waals surface area contributed by atoms with E-state index in [1.807, 2.05) is 60.7 Å². The minimum Gasteiger partial charge on any atom is -0.392 e. The van der Waals surface area contributed by atoms with E-state index in [0.717, 1.165) is 21.6 Å². The van der Waals surface area contributed by atoms with Gasteiger partial charge in [-0.15, -0.1) is 12.6 Å². The van der Waals surface area contributed by atoms with Crippen LogP contribution in [0.2, 0.25) is 0 Å². The first-order valence-electron chi connectivity index (χ1n) is 5.46. The van der Waals surface area contributed by atoms with Crippen molar-refractivity contribution in [1.29, 1.82) is 0 Å². The van der Waals surface area contributed by atoms with E-state index in [4.69, 9.17) is 0 Å². The van der Waals surface area contributed by atoms with Gasteiger partial charge in [-0.05, 0) is 28.8 Å². The van der Waals surface area contributed by atoms with Crippen LogP contribution >= 0.6 is 12.6 Å². The first-order valence-corrected chi connectivity index (χ1v) is 5.91. The zero-order valence-corrected chi connectivity index (χ0v) is 10.3. The molecule has 0 atom stereocenters. The summed E-state index contributed by atoms with van der Waals surface area (Å²) in [4.78, 5) is 0.878. The van der Waals surface area contributed by atoms with Crippen LogP contribution in [0.25, 0.3) is 11.6 Å². The van der Waals surface area contributed by atoms with Gasteiger partial charge in [-0.2, -0.15) is 0 Å². The monoisotopic (exact) mass is 242 g/mol. The van der Waals surface area contributed by atoms with Crippen LogP contribution < -0.4 is 0 Å². The van der Waals surface area contributed by atoms with E-state index in [9.17, 15) is 5.11 Å². The highest BCUT2D eigenvalue weighted by molar-refractivity contribution is 7.80. The number of hydrogen-bond donors (Lipinski definition) is 2. The zero-order valence-electron chi connectivity index (χ0n) is 9.38. The lowest BCUT2D eigenvalue weighted by Gasteiger charge is -2.07. The summed E-state index contributed by atoms with van der Waals surface area (Å²) in [5.74, 6) is 0. The standard InChI is InChI=1S/C15H14OS/c16-11-13(10-12-6-2-1-3-7-12)14-8-4-5-9-15(14)17/h1-10,16-17H,11H2. The maximum atomic E-state index is 9.46. The summed E-state index contributed by atoms with van der Waals surface area (Å²) in [5, 5.41) is 9.46. The van der Waals surface area contributed by atoms with Gasteiger partial charge in [0.1, 0.15) is 0 Å². The maximum absolute atomic E-state index is 9.46. The third-order valence-electron chi connectivity index (χ3n) is 2.56. The summed E-state index contributed by atoms with van der Waals surface area (Å²) >= 11 is 4.41. The predicted molar refractivity (Wildman–Crippen MR) is 75.1 cm³/mol. The normalized spacial score (nSPS) is 11.5. The van der Waals surface area contributed by atoms with Gasteiger partial charge < -0.3 is 5.11 Å². The van der Waals surface area contributed by atoms with Gasteiger partial charge in [0.05, 0.1) is 6.61 Å². The average Bonchev–Trinajstić information content (AvgIpc) is 2.38. The summed E-state index contributed by atoms with van der Waals surface area (Å²) in [5.41, 5.74) is 2.93. The van der Waals surface area contributed by atoms with Gasteiger partial charge in [-0.3, -0.25) is 0 Å². The molecule has 0 aliphatic rings. The van der Waals surface area contributed by atoms with Crippen LogP contribution in [-0.2, 0) is 0 Å². The predicted octanol–water partition coefficient (Wildman–Crippen LogP) is 3.51. The van der Waals surface area contributed by atoms with Gasteiger partial charge in [-0.1, -0.05) is 48.5 Å². The zero-order chi connectivity index (χ0) is 12.1. The van der Waals surface area contributed by atoms with Gasteiger partial charge >= 0.3 is 0 Å². The molecule has 0 saturated heterocycles. The van der Waals surface area contributed by atoms with E-state index in [0.29, 0.717) is 0 Å². The Morgan fingerprint density at radius 3 is 2.29 bits per heavy atom. The highest BCUT2D eigenvalue weighted by Crippen LogP contribution is 2.23. The van der Waals surface area contributed by atoms with E-state index in [1.165, 1.54) is 0 Å². The van der Waals surface area contributed by atoms with Crippen molar-refractivity contribution in [3.63, 3.8) is 0 Å². The van der Waals surface area contributed by atoms with Crippen molar-refractivity contribution in [3.8, 4) is 0 Å². The van der Waals surface area contributed by atoms with Gasteiger partial charge in [0.15, 0.2) is 0 Å². The van der Waals surface area contributed by atoms with Crippen molar-refractivity contribution in [2.45, 2.75) is 4.90 Å². The fourth-order valence-electron chi connectivity index (χ4n) is 1.70. The summed E-state index contributed by atoms with van der Waals surface area (Å²) in [6.07, 6.45) is 1.98. The smallest absolute Gasteiger partial charge is 0.0688 e. The fourth-order valence-corrected chi connectivity index (χ4v) is 2.01. The van der Waals surface area contributed by atoms with Gasteiger partial charge in [-0.25, -0.2) is 0 Å². The average molecular weight is 242 g/mol. The van der Waals surface area contributed by atoms with Crippen molar-refractivity contribution >= 4 is 24.3 Å². The number of aliphatic hydroxyl groups excluding tert-OH is 1. The molecule has 2 aromatic carbocycles. The third kappa shape index (κ3) is 2.99. The van der Waals surface area contributed by atoms with Gasteiger partial charge in [0, 0.05) is 4.90 Å². The molecule has 0 fully saturated rings. The first kappa shape index (κ1) is 12.0. The topological polar surface area (TPSA) is 20.2 Å². The second kappa shape index (κ2) is 5.71. The highest BCUT2D eigenvalue weighted by atomic mass is 32.1. The summed E-state index contributed by atoms with van der Waals surface area (Å²) in [7, 11) is 0. The van der Waals surface area contributed by atoms with Crippen LogP contribution in [0, 0.1) is 0 Å². The second-order valence-electron chi connectivity index (χ2n) is 3.76. The Hall–Kier alpha value is -1.51. The number of benzene rings is 2. The second-order valence-corrected chi connectivity index (χ2v) is 4.24. The van der Waals surface area contributed by atoms with Crippen LogP contribution in [0.5, 0.6) is 0 Å². The molecule has 86 valence electrons. The van der Waals surface area contributed by atoms with E-state index >= 15 is 0 Å². The number of rotatable bonds is 3. The van der Waals surface area contributed by atoms with Crippen molar-refractivity contribution in [2.75, 3.05) is 6.61 Å². The van der Waals surface area contributed by atoms with E-state index < -0.39 is 0 Å². The molecule has 0 spiro atoms. The maximum Gasteiger partial charge on any atom is 0.0688 e. The van der Waals surface area contributed by atoms with E-state index in [-0.39, 0.29) is 6.61 Å². The van der Waals surface area contributed by atoms with Crippen molar-refractivity contribution < 1.29 is 5.11 Å². The van der Waals surface area contributed by atoms with Crippen molar-refractivity contribution in [2.24, 2.45) is 0 Å². The molecule has 0 aromatic heterocycles. The summed E-state index contributed by atoms with van der Waals surface area (Å²) in [6, 6.07) is 17.7. The van der Waals surface area contributed by atoms with Gasteiger partial charge in [0.2, 0.25) is 0 Å². The quantitative estimate of drug-likeness (QED) is 0.623. The molecular weight excluding hydrogens is 228 g/mol. The van der Waals surface area contributed by atoms with Crippen molar-refractivity contribution in [3.05, 3.63) is 65.7 Å². The molecule has 0 aliphatic heterocycles. The molecule has 0 amide bonds. The molecule has 0 aliphatic carbocycles. The Bertz CT molecular complexity index is 517. The Labute approximate surface area is 107 Å². The minimum absolute atomic E-state index is 0.00642. The lowest BCUT2D eigenvalue weighted by Crippen LogP contribution is -1.92. The summed E-state index contributed by atoms with van der Waals surface area (Å²) in [6.45, 7) is 0.00642. The molecule has 0 unspecified atom stereocenters. The number of hydrogen-bond acceptors (Lipinski definition) is 2. The van der Waals surface area contributed by atoms with Crippen LogP contribution in [0.4, 0.5) is 0 Å². The molecule has 2 aromatic rings. The highest BCUT2D eigenvalue weighted by Gasteiger charge is 2.03. The lowest BCUT2D eigenvalue weighted by atomic mass is 10.0. The minimum atomic E-state index is 0.00642. The molecule has 1 N–H and O–H groups in total. The van der Waals surface area contributed by atoms with Crippen LogP contribution in [-0.4, -0.2) is 11.7 Å². The summed E-state index contributed by atoms with van der Waals surface area (Å²) < 4.78 is 0. The SMILES string of the molecule is OCC(=Cc1ccccc1)c1ccccc1S. The Balaban J connectivity index is 2.41. The van der Waals surface area contributed by atoms with Crippen molar-refractivity contribution in [1.82, 2.24) is 0 Å². The molecular formula is C15H14OS.